The summed E-state index contributed by atoms with van der Waals surface area (Å²) in [6.07, 6.45) is 0. The molecule has 0 spiro atoms. The zero-order chi connectivity index (χ0) is 15.0. The maximum absolute atomic E-state index is 13.3. The van der Waals surface area contributed by atoms with Gasteiger partial charge in [-0.05, 0) is 42.8 Å². The standard InChI is InChI=1S/C15H10ClFN2OS/c1-8-2-4-10(17)7-11(8)14(20)19-15-18-12-5-3-9(16)6-13(12)21-15/h2-7H,1H3,(H,18,19,20). The molecule has 1 amide bonds. The summed E-state index contributed by atoms with van der Waals surface area (Å²) in [5.41, 5.74) is 1.76. The molecule has 3 aromatic rings. The first-order chi connectivity index (χ1) is 10.0. The van der Waals surface area contributed by atoms with E-state index in [0.29, 0.717) is 21.3 Å². The van der Waals surface area contributed by atoms with Gasteiger partial charge in [-0.2, -0.15) is 0 Å². The predicted molar refractivity (Wildman–Crippen MR) is 83.7 cm³/mol. The van der Waals surface area contributed by atoms with E-state index in [4.69, 9.17) is 11.6 Å². The van der Waals surface area contributed by atoms with E-state index in [-0.39, 0.29) is 5.91 Å². The molecule has 0 saturated heterocycles. The number of aromatic nitrogens is 1. The molecule has 0 radical (unpaired) electrons. The minimum atomic E-state index is -0.443. The summed E-state index contributed by atoms with van der Waals surface area (Å²) >= 11 is 7.24. The van der Waals surface area contributed by atoms with Crippen molar-refractivity contribution in [1.82, 2.24) is 4.98 Å². The first-order valence-corrected chi connectivity index (χ1v) is 7.36. The van der Waals surface area contributed by atoms with Crippen LogP contribution in [0.5, 0.6) is 0 Å². The van der Waals surface area contributed by atoms with Gasteiger partial charge in [0.1, 0.15) is 5.82 Å². The molecule has 2 aromatic carbocycles. The van der Waals surface area contributed by atoms with Gasteiger partial charge in [0.2, 0.25) is 0 Å². The van der Waals surface area contributed by atoms with Crippen LogP contribution in [0.1, 0.15) is 15.9 Å². The number of fused-ring (bicyclic) bond motifs is 1. The molecule has 3 nitrogen and oxygen atoms in total. The lowest BCUT2D eigenvalue weighted by Crippen LogP contribution is -2.13. The van der Waals surface area contributed by atoms with Crippen molar-refractivity contribution in [3.63, 3.8) is 0 Å². The van der Waals surface area contributed by atoms with Crippen molar-refractivity contribution in [1.29, 1.82) is 0 Å². The second-order valence-electron chi connectivity index (χ2n) is 4.54. The highest BCUT2D eigenvalue weighted by atomic mass is 35.5. The van der Waals surface area contributed by atoms with Gasteiger partial charge in [-0.1, -0.05) is 29.0 Å². The average molecular weight is 321 g/mol. The van der Waals surface area contributed by atoms with Gasteiger partial charge in [-0.15, -0.1) is 0 Å². The number of amides is 1. The van der Waals surface area contributed by atoms with E-state index in [9.17, 15) is 9.18 Å². The maximum Gasteiger partial charge on any atom is 0.257 e. The van der Waals surface area contributed by atoms with Crippen LogP contribution < -0.4 is 5.32 Å². The third-order valence-corrected chi connectivity index (χ3v) is 4.18. The Morgan fingerprint density at radius 2 is 2.10 bits per heavy atom. The number of nitrogens with zero attached hydrogens (tertiary/aromatic N) is 1. The van der Waals surface area contributed by atoms with Crippen LogP contribution in [-0.4, -0.2) is 10.9 Å². The Morgan fingerprint density at radius 3 is 2.90 bits per heavy atom. The summed E-state index contributed by atoms with van der Waals surface area (Å²) in [6.45, 7) is 1.76. The molecule has 1 heterocycles. The van der Waals surface area contributed by atoms with Crippen molar-refractivity contribution in [3.8, 4) is 0 Å². The van der Waals surface area contributed by atoms with Crippen molar-refractivity contribution in [2.75, 3.05) is 5.32 Å². The van der Waals surface area contributed by atoms with Crippen LogP contribution >= 0.6 is 22.9 Å². The van der Waals surface area contributed by atoms with E-state index < -0.39 is 5.82 Å². The number of aryl methyl sites for hydroxylation is 1. The first kappa shape index (κ1) is 14.0. The quantitative estimate of drug-likeness (QED) is 0.746. The number of carbonyl (C=O) groups is 1. The molecule has 21 heavy (non-hydrogen) atoms. The number of benzene rings is 2. The molecule has 0 atom stereocenters. The van der Waals surface area contributed by atoms with E-state index in [2.05, 4.69) is 10.3 Å². The van der Waals surface area contributed by atoms with Crippen LogP contribution in [0.4, 0.5) is 9.52 Å². The number of carbonyl (C=O) groups excluding carboxylic acids is 1. The van der Waals surface area contributed by atoms with Crippen molar-refractivity contribution >= 4 is 44.2 Å². The first-order valence-electron chi connectivity index (χ1n) is 6.16. The highest BCUT2D eigenvalue weighted by Gasteiger charge is 2.13. The Balaban J connectivity index is 1.90. The topological polar surface area (TPSA) is 42.0 Å². The molecule has 0 bridgehead atoms. The van der Waals surface area contributed by atoms with Gasteiger partial charge in [0.05, 0.1) is 10.2 Å². The molecule has 106 valence electrons. The van der Waals surface area contributed by atoms with Crippen molar-refractivity contribution in [2.24, 2.45) is 0 Å². The number of hydrogen-bond acceptors (Lipinski definition) is 3. The maximum atomic E-state index is 13.3. The molecule has 1 aromatic heterocycles. The van der Waals surface area contributed by atoms with Crippen LogP contribution in [0.25, 0.3) is 10.2 Å². The minimum Gasteiger partial charge on any atom is -0.298 e. The molecule has 0 unspecified atom stereocenters. The number of hydrogen-bond donors (Lipinski definition) is 1. The Hall–Kier alpha value is -1.98. The monoisotopic (exact) mass is 320 g/mol. The molecule has 6 heteroatoms. The van der Waals surface area contributed by atoms with Crippen molar-refractivity contribution in [3.05, 3.63) is 58.4 Å². The van der Waals surface area contributed by atoms with Crippen LogP contribution in [-0.2, 0) is 0 Å². The fourth-order valence-corrected chi connectivity index (χ4v) is 3.09. The number of thiazole rings is 1. The Bertz CT molecular complexity index is 847. The van der Waals surface area contributed by atoms with E-state index in [1.165, 1.54) is 23.5 Å². The summed E-state index contributed by atoms with van der Waals surface area (Å²) in [7, 11) is 0. The molecule has 0 aliphatic rings. The molecule has 0 fully saturated rings. The summed E-state index contributed by atoms with van der Waals surface area (Å²) in [6, 6.07) is 9.43. The third kappa shape index (κ3) is 2.89. The van der Waals surface area contributed by atoms with E-state index in [0.717, 1.165) is 10.2 Å². The van der Waals surface area contributed by atoms with E-state index in [1.54, 1.807) is 31.2 Å². The van der Waals surface area contributed by atoms with Gasteiger partial charge in [0.15, 0.2) is 5.13 Å². The summed E-state index contributed by atoms with van der Waals surface area (Å²) in [4.78, 5) is 16.5. The van der Waals surface area contributed by atoms with Crippen LogP contribution in [0.3, 0.4) is 0 Å². The fourth-order valence-electron chi connectivity index (χ4n) is 1.96. The smallest absolute Gasteiger partial charge is 0.257 e. The van der Waals surface area contributed by atoms with Gasteiger partial charge in [-0.3, -0.25) is 10.1 Å². The summed E-state index contributed by atoms with van der Waals surface area (Å²) in [5, 5.41) is 3.77. The van der Waals surface area contributed by atoms with Gasteiger partial charge >= 0.3 is 0 Å². The molecular weight excluding hydrogens is 311 g/mol. The zero-order valence-corrected chi connectivity index (χ0v) is 12.6. The van der Waals surface area contributed by atoms with Crippen LogP contribution in [0.15, 0.2) is 36.4 Å². The lowest BCUT2D eigenvalue weighted by Gasteiger charge is -2.05. The molecule has 0 saturated carbocycles. The number of rotatable bonds is 2. The fraction of sp³-hybridized carbons (Fsp3) is 0.0667. The van der Waals surface area contributed by atoms with Crippen LogP contribution in [0, 0.1) is 12.7 Å². The third-order valence-electron chi connectivity index (χ3n) is 3.02. The summed E-state index contributed by atoms with van der Waals surface area (Å²) in [5.74, 6) is -0.820. The highest BCUT2D eigenvalue weighted by Crippen LogP contribution is 2.28. The lowest BCUT2D eigenvalue weighted by atomic mass is 10.1. The largest absolute Gasteiger partial charge is 0.298 e. The molecule has 0 aliphatic carbocycles. The van der Waals surface area contributed by atoms with Gasteiger partial charge in [0.25, 0.3) is 5.91 Å². The minimum absolute atomic E-state index is 0.298. The number of halogens is 2. The highest BCUT2D eigenvalue weighted by molar-refractivity contribution is 7.22. The second kappa shape index (κ2) is 5.42. The normalized spacial score (nSPS) is 10.8. The van der Waals surface area contributed by atoms with Gasteiger partial charge in [-0.25, -0.2) is 9.37 Å². The Labute approximate surface area is 129 Å². The van der Waals surface area contributed by atoms with Crippen molar-refractivity contribution < 1.29 is 9.18 Å². The van der Waals surface area contributed by atoms with E-state index >= 15 is 0 Å². The average Bonchev–Trinajstić information content (AvgIpc) is 2.82. The van der Waals surface area contributed by atoms with Gasteiger partial charge < -0.3 is 0 Å². The lowest BCUT2D eigenvalue weighted by molar-refractivity contribution is 0.102. The summed E-state index contributed by atoms with van der Waals surface area (Å²) < 4.78 is 14.1. The predicted octanol–water partition coefficient (Wildman–Crippen LogP) is 4.65. The SMILES string of the molecule is Cc1ccc(F)cc1C(=O)Nc1nc2ccc(Cl)cc2s1. The molecular formula is C15H10ClFN2OS. The molecule has 3 rings (SSSR count). The number of anilines is 1. The molecule has 0 aliphatic heterocycles. The zero-order valence-electron chi connectivity index (χ0n) is 11.0. The van der Waals surface area contributed by atoms with E-state index in [1.807, 2.05) is 0 Å². The number of nitrogens with one attached hydrogen (secondary N) is 1. The van der Waals surface area contributed by atoms with Crippen molar-refractivity contribution in [2.45, 2.75) is 6.92 Å². The Morgan fingerprint density at radius 1 is 1.29 bits per heavy atom. The van der Waals surface area contributed by atoms with Crippen LogP contribution in [0.2, 0.25) is 5.02 Å². The Kier molecular flexibility index (Phi) is 3.61. The second-order valence-corrected chi connectivity index (χ2v) is 6.01. The van der Waals surface area contributed by atoms with Gasteiger partial charge in [0, 0.05) is 10.6 Å². The molecule has 1 N–H and O–H groups in total.